The van der Waals surface area contributed by atoms with Crippen molar-refractivity contribution in [2.75, 3.05) is 0 Å². The van der Waals surface area contributed by atoms with E-state index in [0.29, 0.717) is 5.82 Å². The van der Waals surface area contributed by atoms with Crippen LogP contribution in [0.5, 0.6) is 0 Å². The van der Waals surface area contributed by atoms with E-state index >= 15 is 0 Å². The molecule has 0 bridgehead atoms. The minimum atomic E-state index is 0.694. The highest BCUT2D eigenvalue weighted by Gasteiger charge is 2.21. The maximum absolute atomic E-state index is 4.51. The van der Waals surface area contributed by atoms with Crippen molar-refractivity contribution >= 4 is 43.1 Å². The van der Waals surface area contributed by atoms with Gasteiger partial charge < -0.3 is 0 Å². The van der Waals surface area contributed by atoms with Gasteiger partial charge in [-0.3, -0.25) is 15.0 Å². The highest BCUT2D eigenvalue weighted by molar-refractivity contribution is 5.99. The Morgan fingerprint density at radius 2 is 0.625 bits per heavy atom. The third-order valence-corrected chi connectivity index (χ3v) is 17.9. The van der Waals surface area contributed by atoms with Crippen LogP contribution in [0.1, 0.15) is 22.3 Å². The fourth-order valence-electron chi connectivity index (χ4n) is 12.8. The minimum absolute atomic E-state index is 0.694. The molecular formula is C86H74N10+4. The van der Waals surface area contributed by atoms with Crippen molar-refractivity contribution in [2.45, 2.75) is 27.7 Å². The second-order valence-electron chi connectivity index (χ2n) is 24.2. The monoisotopic (exact) mass is 1250 g/mol. The lowest BCUT2D eigenvalue weighted by atomic mass is 9.98. The first-order valence-electron chi connectivity index (χ1n) is 32.2. The molecule has 0 N–H and O–H groups in total. The van der Waals surface area contributed by atoms with Gasteiger partial charge in [0, 0.05) is 94.2 Å². The number of aromatic nitrogens is 10. The van der Waals surface area contributed by atoms with Gasteiger partial charge in [-0.2, -0.15) is 0 Å². The van der Waals surface area contributed by atoms with E-state index in [1.165, 1.54) is 140 Å². The third-order valence-electron chi connectivity index (χ3n) is 17.9. The largest absolute Gasteiger partial charge is 0.265 e. The number of fused-ring (bicyclic) bond motifs is 4. The van der Waals surface area contributed by atoms with Gasteiger partial charge in [0.2, 0.25) is 22.8 Å². The molecule has 16 rings (SSSR count). The molecule has 0 aliphatic carbocycles. The van der Waals surface area contributed by atoms with E-state index in [1.54, 1.807) is 0 Å². The fraction of sp³-hybridized carbons (Fsp3) is 0.0930. The van der Waals surface area contributed by atoms with Gasteiger partial charge in [-0.25, -0.2) is 33.2 Å². The zero-order chi connectivity index (χ0) is 66.1. The van der Waals surface area contributed by atoms with Crippen LogP contribution in [0.3, 0.4) is 0 Å². The maximum atomic E-state index is 4.51. The summed E-state index contributed by atoms with van der Waals surface area (Å²) >= 11 is 0. The number of aryl methyl sites for hydroxylation is 8. The molecule has 10 heteroatoms. The standard InChI is InChI=1S/3C22H19N2.C20H17N4/c1-16-7-3-4-10-19(16)22-13-17-8-5-11-20(21(17)15-24(22)2)18-9-6-12-23-14-18;1-16-8-3-4-10-18(16)22-14-17-9-7-11-19(20(17)15-24(22)2)21-12-5-6-13-23-21;1-16-6-3-4-8-19(16)22-14-18-7-5-9-20(21(18)15-24(22)2)17-10-12-23-13-11-17;1-14-6-3-4-8-16(14)19-10-15-7-5-9-17(18(15)11-24(19)2)20-22-12-21-13-23-20/h3*3-15H,1-2H3;3-13H,1-2H3/q4*+1. The summed E-state index contributed by atoms with van der Waals surface area (Å²) in [5, 5.41) is 9.74. The summed E-state index contributed by atoms with van der Waals surface area (Å²) in [5.74, 6) is 0.694. The van der Waals surface area contributed by atoms with Crippen LogP contribution < -0.4 is 18.3 Å². The Kier molecular flexibility index (Phi) is 18.5. The van der Waals surface area contributed by atoms with Crippen molar-refractivity contribution in [1.29, 1.82) is 0 Å². The lowest BCUT2D eigenvalue weighted by molar-refractivity contribution is -0.659. The molecule has 0 fully saturated rings. The molecule has 0 radical (unpaired) electrons. The Morgan fingerprint density at radius 1 is 0.260 bits per heavy atom. The van der Waals surface area contributed by atoms with Crippen LogP contribution in [-0.2, 0) is 28.2 Å². The van der Waals surface area contributed by atoms with Crippen molar-refractivity contribution in [3.05, 3.63) is 327 Å². The SMILES string of the molecule is Cc1ccccc1-c1cc2cccc(-c3ccccn3)c2c[n+]1C.Cc1ccccc1-c1cc2cccc(-c3cccnc3)c2c[n+]1C.Cc1ccccc1-c1cc2cccc(-c3ccncc3)c2c[n+]1C.Cc1ccccc1-c1cc2cccc(-c3ncncn3)c2c[n+]1C. The van der Waals surface area contributed by atoms with Crippen molar-refractivity contribution in [1.82, 2.24) is 29.9 Å². The molecule has 96 heavy (non-hydrogen) atoms. The summed E-state index contributed by atoms with van der Waals surface area (Å²) in [6.07, 6.45) is 21.1. The van der Waals surface area contributed by atoms with Crippen molar-refractivity contribution < 1.29 is 18.3 Å². The summed E-state index contributed by atoms with van der Waals surface area (Å²) in [6.45, 7) is 8.61. The van der Waals surface area contributed by atoms with Gasteiger partial charge in [0.25, 0.3) is 0 Å². The van der Waals surface area contributed by atoms with Crippen molar-refractivity contribution in [3.63, 3.8) is 0 Å². The molecule has 0 saturated heterocycles. The van der Waals surface area contributed by atoms with Crippen LogP contribution in [0, 0.1) is 27.7 Å². The summed E-state index contributed by atoms with van der Waals surface area (Å²) in [4.78, 5) is 25.4. The van der Waals surface area contributed by atoms with E-state index in [0.717, 1.165) is 22.2 Å². The van der Waals surface area contributed by atoms with E-state index in [9.17, 15) is 0 Å². The highest BCUT2D eigenvalue weighted by atomic mass is 15.0. The van der Waals surface area contributed by atoms with Gasteiger partial charge in [0.15, 0.2) is 30.6 Å². The molecular weight excluding hydrogens is 1170 g/mol. The first kappa shape index (κ1) is 62.7. The summed E-state index contributed by atoms with van der Waals surface area (Å²) in [6, 6.07) is 82.9. The predicted octanol–water partition coefficient (Wildman–Crippen LogP) is 17.6. The van der Waals surface area contributed by atoms with E-state index in [1.807, 2.05) is 61.3 Å². The number of nitrogens with zero attached hydrogens (tertiary/aromatic N) is 10. The number of hydrogen-bond acceptors (Lipinski definition) is 6. The second-order valence-corrected chi connectivity index (χ2v) is 24.2. The average Bonchev–Trinajstić information content (AvgIpc) is 0.810. The van der Waals surface area contributed by atoms with Crippen LogP contribution >= 0.6 is 0 Å². The molecule has 0 saturated carbocycles. The first-order valence-corrected chi connectivity index (χ1v) is 32.2. The molecule has 0 spiro atoms. The number of benzene rings is 8. The third kappa shape index (κ3) is 13.4. The number of pyridine rings is 7. The van der Waals surface area contributed by atoms with Gasteiger partial charge >= 0.3 is 0 Å². The van der Waals surface area contributed by atoms with E-state index < -0.39 is 0 Å². The van der Waals surface area contributed by atoms with Crippen LogP contribution in [0.2, 0.25) is 0 Å². The van der Waals surface area contributed by atoms with Gasteiger partial charge in [-0.05, 0) is 143 Å². The zero-order valence-electron chi connectivity index (χ0n) is 55.3. The molecule has 0 amide bonds. The smallest absolute Gasteiger partial charge is 0.213 e. The Labute approximate surface area is 561 Å². The van der Waals surface area contributed by atoms with Gasteiger partial charge in [0.05, 0.1) is 27.2 Å². The molecule has 0 aliphatic heterocycles. The summed E-state index contributed by atoms with van der Waals surface area (Å²) in [5.41, 5.74) is 23.0. The molecule has 8 aromatic carbocycles. The van der Waals surface area contributed by atoms with Crippen molar-refractivity contribution in [2.24, 2.45) is 28.2 Å². The zero-order valence-corrected chi connectivity index (χ0v) is 55.3. The molecule has 8 aromatic heterocycles. The van der Waals surface area contributed by atoms with Crippen LogP contribution in [0.15, 0.2) is 305 Å². The minimum Gasteiger partial charge on any atom is -0.265 e. The van der Waals surface area contributed by atoms with Gasteiger partial charge in [-0.15, -0.1) is 0 Å². The maximum Gasteiger partial charge on any atom is 0.213 e. The quantitative estimate of drug-likeness (QED) is 0.141. The molecule has 0 aliphatic rings. The summed E-state index contributed by atoms with van der Waals surface area (Å²) in [7, 11) is 8.41. The Bertz CT molecular complexity index is 4770. The molecule has 10 nitrogen and oxygen atoms in total. The van der Waals surface area contributed by atoms with Gasteiger partial charge in [-0.1, -0.05) is 158 Å². The van der Waals surface area contributed by atoms with E-state index in [-0.39, 0.29) is 0 Å². The topological polar surface area (TPSA) is 92.9 Å². The number of rotatable bonds is 8. The predicted molar refractivity (Wildman–Crippen MR) is 390 cm³/mol. The van der Waals surface area contributed by atoms with E-state index in [2.05, 4.69) is 335 Å². The Morgan fingerprint density at radius 3 is 1.02 bits per heavy atom. The lowest BCUT2D eigenvalue weighted by Gasteiger charge is -2.09. The van der Waals surface area contributed by atoms with Gasteiger partial charge in [0.1, 0.15) is 40.8 Å². The first-order chi connectivity index (χ1) is 46.9. The molecule has 0 unspecified atom stereocenters. The number of hydrogen-bond donors (Lipinski definition) is 0. The van der Waals surface area contributed by atoms with Crippen LogP contribution in [-0.4, -0.2) is 29.9 Å². The molecule has 16 aromatic rings. The molecule has 8 heterocycles. The molecule has 0 atom stereocenters. The normalized spacial score (nSPS) is 10.9. The van der Waals surface area contributed by atoms with Crippen LogP contribution in [0.25, 0.3) is 133 Å². The Hall–Kier alpha value is -12.1. The fourth-order valence-corrected chi connectivity index (χ4v) is 12.8. The van der Waals surface area contributed by atoms with E-state index in [4.69, 9.17) is 0 Å². The average molecular weight is 1250 g/mol. The molecule has 464 valence electrons. The Balaban J connectivity index is 0.000000116. The second kappa shape index (κ2) is 28.4. The lowest BCUT2D eigenvalue weighted by Crippen LogP contribution is -2.30. The highest BCUT2D eigenvalue weighted by Crippen LogP contribution is 2.35. The van der Waals surface area contributed by atoms with Crippen molar-refractivity contribution in [3.8, 4) is 89.9 Å². The summed E-state index contributed by atoms with van der Waals surface area (Å²) < 4.78 is 8.80. The van der Waals surface area contributed by atoms with Crippen LogP contribution in [0.4, 0.5) is 0 Å².